The van der Waals surface area contributed by atoms with E-state index in [4.69, 9.17) is 26.5 Å². The first kappa shape index (κ1) is 21.7. The van der Waals surface area contributed by atoms with Gasteiger partial charge in [-0.15, -0.1) is 11.8 Å². The van der Waals surface area contributed by atoms with E-state index in [1.165, 1.54) is 23.1 Å². The van der Waals surface area contributed by atoms with Gasteiger partial charge in [0.05, 0.1) is 0 Å². The van der Waals surface area contributed by atoms with Gasteiger partial charge in [-0.25, -0.2) is 4.98 Å². The fourth-order valence-corrected chi connectivity index (χ4v) is 3.89. The fraction of sp³-hybridized carbons (Fsp3) is 0.375. The van der Waals surface area contributed by atoms with Gasteiger partial charge >= 0.3 is 51.4 Å². The standard InChI is InChI=1S/C15H19N3S.CH2O3.K/c16-11-1-3-12(4-2-11)19-13-5-6-14-10(9-13)7-8-18-15(14)17;2-1(3)4;/h5-9,11-12H,1-4,16H2,(H2,17,18);(H2,2,3,4);/q;;+1/p-1. The Morgan fingerprint density at radius 3 is 2.50 bits per heavy atom. The summed E-state index contributed by atoms with van der Waals surface area (Å²) in [4.78, 5) is 13.9. The molecule has 0 amide bonds. The Morgan fingerprint density at radius 1 is 1.25 bits per heavy atom. The van der Waals surface area contributed by atoms with Gasteiger partial charge in [-0.2, -0.15) is 0 Å². The van der Waals surface area contributed by atoms with Gasteiger partial charge in [0, 0.05) is 27.8 Å². The Morgan fingerprint density at radius 2 is 1.88 bits per heavy atom. The molecular formula is C16H20KN3O3S. The third-order valence-electron chi connectivity index (χ3n) is 3.79. The second kappa shape index (κ2) is 10.6. The molecule has 1 saturated carbocycles. The van der Waals surface area contributed by atoms with Crippen LogP contribution < -0.4 is 68.0 Å². The minimum absolute atomic E-state index is 0. The van der Waals surface area contributed by atoms with E-state index in [0.717, 1.165) is 18.2 Å². The molecule has 5 N–H and O–H groups in total. The summed E-state index contributed by atoms with van der Waals surface area (Å²) in [5.74, 6) is 0.609. The van der Waals surface area contributed by atoms with Crippen LogP contribution in [0.2, 0.25) is 0 Å². The number of nitrogen functional groups attached to an aromatic ring is 1. The van der Waals surface area contributed by atoms with Gasteiger partial charge in [0.25, 0.3) is 0 Å². The van der Waals surface area contributed by atoms with E-state index in [0.29, 0.717) is 17.1 Å². The summed E-state index contributed by atoms with van der Waals surface area (Å²) in [6.45, 7) is 0. The van der Waals surface area contributed by atoms with Crippen molar-refractivity contribution in [3.8, 4) is 0 Å². The van der Waals surface area contributed by atoms with Crippen molar-refractivity contribution < 1.29 is 66.4 Å². The van der Waals surface area contributed by atoms with Gasteiger partial charge in [-0.3, -0.25) is 0 Å². The number of carbonyl (C=O) groups is 1. The third kappa shape index (κ3) is 6.87. The number of rotatable bonds is 2. The van der Waals surface area contributed by atoms with Crippen molar-refractivity contribution in [1.82, 2.24) is 4.98 Å². The number of hydrogen-bond acceptors (Lipinski definition) is 6. The molecule has 1 heterocycles. The number of aromatic nitrogens is 1. The largest absolute Gasteiger partial charge is 1.00 e. The zero-order chi connectivity index (χ0) is 16.8. The number of anilines is 1. The molecule has 0 bridgehead atoms. The quantitative estimate of drug-likeness (QED) is 0.581. The molecule has 3 rings (SSSR count). The first-order chi connectivity index (χ1) is 11.0. The van der Waals surface area contributed by atoms with E-state index in [9.17, 15) is 0 Å². The second-order valence-corrected chi connectivity index (χ2v) is 6.87. The second-order valence-electron chi connectivity index (χ2n) is 5.50. The molecule has 1 aromatic carbocycles. The molecule has 1 fully saturated rings. The minimum Gasteiger partial charge on any atom is -0.565 e. The number of hydrogen-bond donors (Lipinski definition) is 3. The normalized spacial score (nSPS) is 19.7. The van der Waals surface area contributed by atoms with Crippen LogP contribution in [0.1, 0.15) is 25.7 Å². The molecule has 124 valence electrons. The molecule has 0 spiro atoms. The zero-order valence-electron chi connectivity index (χ0n) is 13.6. The molecule has 0 atom stereocenters. The van der Waals surface area contributed by atoms with Crippen molar-refractivity contribution in [2.75, 3.05) is 5.73 Å². The van der Waals surface area contributed by atoms with Crippen molar-refractivity contribution >= 4 is 34.5 Å². The Balaban J connectivity index is 0.000000522. The van der Waals surface area contributed by atoms with E-state index in [1.54, 1.807) is 6.20 Å². The molecule has 6 nitrogen and oxygen atoms in total. The Kier molecular flexibility index (Phi) is 9.58. The average Bonchev–Trinajstić information content (AvgIpc) is 2.49. The third-order valence-corrected chi connectivity index (χ3v) is 5.12. The van der Waals surface area contributed by atoms with Gasteiger partial charge in [0.1, 0.15) is 5.82 Å². The van der Waals surface area contributed by atoms with Crippen LogP contribution in [-0.2, 0) is 0 Å². The predicted molar refractivity (Wildman–Crippen MR) is 90.3 cm³/mol. The number of nitrogens with zero attached hydrogens (tertiary/aromatic N) is 1. The summed E-state index contributed by atoms with van der Waals surface area (Å²) < 4.78 is 0. The number of benzene rings is 1. The summed E-state index contributed by atoms with van der Waals surface area (Å²) >= 11 is 1.97. The van der Waals surface area contributed by atoms with E-state index in [2.05, 4.69) is 23.2 Å². The van der Waals surface area contributed by atoms with Gasteiger partial charge < -0.3 is 26.5 Å². The molecular weight excluding hydrogens is 353 g/mol. The minimum atomic E-state index is -2.08. The van der Waals surface area contributed by atoms with Crippen LogP contribution in [0.5, 0.6) is 0 Å². The Bertz CT molecular complexity index is 675. The van der Waals surface area contributed by atoms with Gasteiger partial charge in [0.15, 0.2) is 0 Å². The summed E-state index contributed by atoms with van der Waals surface area (Å²) in [7, 11) is 0. The van der Waals surface area contributed by atoms with E-state index in [-0.39, 0.29) is 51.4 Å². The molecule has 24 heavy (non-hydrogen) atoms. The fourth-order valence-electron chi connectivity index (χ4n) is 2.65. The topological polar surface area (TPSA) is 125 Å². The summed E-state index contributed by atoms with van der Waals surface area (Å²) in [5.41, 5.74) is 11.8. The Labute approximate surface area is 187 Å². The number of nitrogens with two attached hydrogens (primary N) is 2. The molecule has 8 heteroatoms. The average molecular weight is 374 g/mol. The molecule has 1 aliphatic rings. The Hall–Kier alpha value is -0.354. The van der Waals surface area contributed by atoms with Crippen molar-refractivity contribution in [2.24, 2.45) is 5.73 Å². The van der Waals surface area contributed by atoms with Crippen LogP contribution >= 0.6 is 11.8 Å². The van der Waals surface area contributed by atoms with Crippen LogP contribution in [0.4, 0.5) is 10.6 Å². The molecule has 0 unspecified atom stereocenters. The molecule has 0 radical (unpaired) electrons. The molecule has 1 aromatic heterocycles. The van der Waals surface area contributed by atoms with Crippen LogP contribution in [0.3, 0.4) is 0 Å². The van der Waals surface area contributed by atoms with Crippen molar-refractivity contribution in [1.29, 1.82) is 0 Å². The predicted octanol–water partition coefficient (Wildman–Crippen LogP) is -0.929. The number of fused-ring (bicyclic) bond motifs is 1. The zero-order valence-corrected chi connectivity index (χ0v) is 17.6. The van der Waals surface area contributed by atoms with Crippen LogP contribution in [-0.4, -0.2) is 27.5 Å². The molecule has 0 saturated heterocycles. The van der Waals surface area contributed by atoms with Crippen LogP contribution in [0, 0.1) is 0 Å². The maximum absolute atomic E-state index is 8.44. The van der Waals surface area contributed by atoms with Gasteiger partial charge in [0.2, 0.25) is 6.16 Å². The summed E-state index contributed by atoms with van der Waals surface area (Å²) in [5, 5.41) is 18.2. The van der Waals surface area contributed by atoms with Crippen molar-refractivity contribution in [3.63, 3.8) is 0 Å². The summed E-state index contributed by atoms with van der Waals surface area (Å²) in [6.07, 6.45) is 4.45. The molecule has 0 aliphatic heterocycles. The van der Waals surface area contributed by atoms with Crippen molar-refractivity contribution in [2.45, 2.75) is 41.9 Å². The van der Waals surface area contributed by atoms with Gasteiger partial charge in [-0.1, -0.05) is 0 Å². The van der Waals surface area contributed by atoms with Gasteiger partial charge in [-0.05, 0) is 55.3 Å². The van der Waals surface area contributed by atoms with E-state index < -0.39 is 6.16 Å². The summed E-state index contributed by atoms with van der Waals surface area (Å²) in [6, 6.07) is 8.88. The van der Waals surface area contributed by atoms with E-state index >= 15 is 0 Å². The van der Waals surface area contributed by atoms with E-state index in [1.807, 2.05) is 17.8 Å². The number of pyridine rings is 1. The SMILES string of the molecule is Nc1nccc2cc(SC3CCC(N)CC3)ccc12.O=C([O-])O.[K+]. The maximum Gasteiger partial charge on any atom is 1.00 e. The first-order valence-corrected chi connectivity index (χ1v) is 8.30. The van der Waals surface area contributed by atoms with Crippen LogP contribution in [0.15, 0.2) is 35.4 Å². The maximum atomic E-state index is 8.44. The molecule has 2 aromatic rings. The smallest absolute Gasteiger partial charge is 0.565 e. The van der Waals surface area contributed by atoms with Crippen molar-refractivity contribution in [3.05, 3.63) is 30.5 Å². The number of thioether (sulfide) groups is 1. The van der Waals surface area contributed by atoms with Crippen LogP contribution in [0.25, 0.3) is 10.8 Å². The number of carboxylic acid groups (broad SMARTS) is 2. The first-order valence-electron chi connectivity index (χ1n) is 7.42. The monoisotopic (exact) mass is 373 g/mol. The molecule has 1 aliphatic carbocycles.